The maximum absolute atomic E-state index is 3.50. The lowest BCUT2D eigenvalue weighted by molar-refractivity contribution is 0.263. The molecule has 4 nitrogen and oxygen atoms in total. The van der Waals surface area contributed by atoms with Crippen LogP contribution in [0.1, 0.15) is 11.1 Å². The summed E-state index contributed by atoms with van der Waals surface area (Å²) in [7, 11) is 0. The third-order valence-corrected chi connectivity index (χ3v) is 3.69. The van der Waals surface area contributed by atoms with Crippen molar-refractivity contribution in [3.05, 3.63) is 35.4 Å². The third-order valence-electron chi connectivity index (χ3n) is 3.69. The molecule has 1 aromatic rings. The van der Waals surface area contributed by atoms with Gasteiger partial charge in [-0.25, -0.2) is 0 Å². The summed E-state index contributed by atoms with van der Waals surface area (Å²) in [6.45, 7) is 11.7. The van der Waals surface area contributed by atoms with Crippen molar-refractivity contribution in [2.75, 3.05) is 52.4 Å². The summed E-state index contributed by atoms with van der Waals surface area (Å²) in [5.74, 6) is 0. The molecule has 1 heterocycles. The molecule has 1 fully saturated rings. The Bertz CT molecular complexity index is 351. The van der Waals surface area contributed by atoms with Gasteiger partial charge in [0.05, 0.1) is 0 Å². The van der Waals surface area contributed by atoms with Crippen LogP contribution in [0.2, 0.25) is 0 Å². The van der Waals surface area contributed by atoms with E-state index in [-0.39, 0.29) is 0 Å². The highest BCUT2D eigenvalue weighted by Gasteiger charge is 2.06. The third kappa shape index (κ3) is 6.01. The molecule has 2 rings (SSSR count). The van der Waals surface area contributed by atoms with E-state index in [9.17, 15) is 0 Å². The number of rotatable bonds is 2. The molecule has 0 aromatic heterocycles. The first-order valence-corrected chi connectivity index (χ1v) is 7.74. The minimum atomic E-state index is 1.04. The highest BCUT2D eigenvalue weighted by molar-refractivity contribution is 5.21. The SMILES string of the molecule is Cc1ccc(CN2CCNCCNCCNCC2)cc1. The molecule has 0 amide bonds. The van der Waals surface area contributed by atoms with E-state index in [1.54, 1.807) is 0 Å². The smallest absolute Gasteiger partial charge is 0.0234 e. The molecular formula is C16H28N4. The summed E-state index contributed by atoms with van der Waals surface area (Å²) in [4.78, 5) is 2.53. The molecule has 0 saturated carbocycles. The molecule has 1 aliphatic rings. The topological polar surface area (TPSA) is 39.3 Å². The zero-order valence-corrected chi connectivity index (χ0v) is 12.6. The second-order valence-electron chi connectivity index (χ2n) is 5.51. The molecular weight excluding hydrogens is 248 g/mol. The van der Waals surface area contributed by atoms with Crippen molar-refractivity contribution in [3.63, 3.8) is 0 Å². The lowest BCUT2D eigenvalue weighted by Gasteiger charge is -2.23. The zero-order chi connectivity index (χ0) is 14.0. The highest BCUT2D eigenvalue weighted by atomic mass is 15.2. The van der Waals surface area contributed by atoms with Crippen molar-refractivity contribution in [3.8, 4) is 0 Å². The second-order valence-corrected chi connectivity index (χ2v) is 5.51. The minimum absolute atomic E-state index is 1.04. The fraction of sp³-hybridized carbons (Fsp3) is 0.625. The Morgan fingerprint density at radius 2 is 1.30 bits per heavy atom. The Kier molecular flexibility index (Phi) is 7.01. The first-order chi connectivity index (χ1) is 9.84. The number of nitrogens with zero attached hydrogens (tertiary/aromatic N) is 1. The van der Waals surface area contributed by atoms with Crippen molar-refractivity contribution >= 4 is 0 Å². The average molecular weight is 276 g/mol. The molecule has 0 radical (unpaired) electrons. The number of nitrogens with one attached hydrogen (secondary N) is 3. The van der Waals surface area contributed by atoms with E-state index in [0.717, 1.165) is 58.9 Å². The Balaban J connectivity index is 1.83. The highest BCUT2D eigenvalue weighted by Crippen LogP contribution is 2.06. The van der Waals surface area contributed by atoms with Gasteiger partial charge in [-0.2, -0.15) is 0 Å². The standard InChI is InChI=1S/C16H28N4/c1-15-2-4-16(5-3-15)14-20-12-10-18-8-6-17-7-9-19-11-13-20/h2-5,17-19H,6-14H2,1H3. The van der Waals surface area contributed by atoms with Crippen LogP contribution in [0.3, 0.4) is 0 Å². The minimum Gasteiger partial charge on any atom is -0.314 e. The predicted octanol–water partition coefficient (Wildman–Crippen LogP) is 0.579. The van der Waals surface area contributed by atoms with Crippen LogP contribution in [0.25, 0.3) is 0 Å². The van der Waals surface area contributed by atoms with Gasteiger partial charge in [-0.05, 0) is 12.5 Å². The first-order valence-electron chi connectivity index (χ1n) is 7.74. The molecule has 112 valence electrons. The summed E-state index contributed by atoms with van der Waals surface area (Å²) in [6.07, 6.45) is 0. The summed E-state index contributed by atoms with van der Waals surface area (Å²) >= 11 is 0. The molecule has 20 heavy (non-hydrogen) atoms. The second kappa shape index (κ2) is 9.08. The van der Waals surface area contributed by atoms with E-state index in [2.05, 4.69) is 52.0 Å². The molecule has 1 aliphatic heterocycles. The molecule has 1 saturated heterocycles. The van der Waals surface area contributed by atoms with Gasteiger partial charge in [0.25, 0.3) is 0 Å². The Morgan fingerprint density at radius 3 is 1.85 bits per heavy atom. The molecule has 0 aliphatic carbocycles. The van der Waals surface area contributed by atoms with Crippen molar-refractivity contribution in [1.82, 2.24) is 20.9 Å². The number of aryl methyl sites for hydroxylation is 1. The van der Waals surface area contributed by atoms with Crippen LogP contribution >= 0.6 is 0 Å². The number of hydrogen-bond donors (Lipinski definition) is 3. The predicted molar refractivity (Wildman–Crippen MR) is 85.1 cm³/mol. The average Bonchev–Trinajstić information content (AvgIpc) is 2.44. The zero-order valence-electron chi connectivity index (χ0n) is 12.6. The maximum Gasteiger partial charge on any atom is 0.0234 e. The van der Waals surface area contributed by atoms with Crippen LogP contribution in [-0.2, 0) is 6.54 Å². The lowest BCUT2D eigenvalue weighted by atomic mass is 10.1. The summed E-state index contributed by atoms with van der Waals surface area (Å²) in [6, 6.07) is 8.90. The summed E-state index contributed by atoms with van der Waals surface area (Å²) < 4.78 is 0. The fourth-order valence-corrected chi connectivity index (χ4v) is 2.42. The summed E-state index contributed by atoms with van der Waals surface area (Å²) in [5, 5.41) is 10.4. The van der Waals surface area contributed by atoms with Gasteiger partial charge >= 0.3 is 0 Å². The van der Waals surface area contributed by atoms with Crippen LogP contribution < -0.4 is 16.0 Å². The van der Waals surface area contributed by atoms with Gasteiger partial charge in [0.1, 0.15) is 0 Å². The first kappa shape index (κ1) is 15.4. The fourth-order valence-electron chi connectivity index (χ4n) is 2.42. The van der Waals surface area contributed by atoms with Gasteiger partial charge in [-0.1, -0.05) is 29.8 Å². The Morgan fingerprint density at radius 1 is 0.800 bits per heavy atom. The van der Waals surface area contributed by atoms with E-state index in [4.69, 9.17) is 0 Å². The normalized spacial score (nSPS) is 20.1. The molecule has 4 heteroatoms. The molecule has 0 atom stereocenters. The van der Waals surface area contributed by atoms with Crippen LogP contribution in [-0.4, -0.2) is 57.3 Å². The Labute approximate surface area is 122 Å². The van der Waals surface area contributed by atoms with Crippen molar-refractivity contribution in [1.29, 1.82) is 0 Å². The lowest BCUT2D eigenvalue weighted by Crippen LogP contribution is -2.41. The van der Waals surface area contributed by atoms with Crippen molar-refractivity contribution in [2.45, 2.75) is 13.5 Å². The molecule has 0 unspecified atom stereocenters. The Hall–Kier alpha value is -0.940. The number of benzene rings is 1. The van der Waals surface area contributed by atoms with Gasteiger partial charge in [0.2, 0.25) is 0 Å². The number of hydrogen-bond acceptors (Lipinski definition) is 4. The molecule has 1 aromatic carbocycles. The van der Waals surface area contributed by atoms with Crippen LogP contribution in [0.5, 0.6) is 0 Å². The van der Waals surface area contributed by atoms with E-state index in [1.807, 2.05) is 0 Å². The molecule has 0 spiro atoms. The largest absolute Gasteiger partial charge is 0.314 e. The molecule has 3 N–H and O–H groups in total. The molecule has 0 bridgehead atoms. The van der Waals surface area contributed by atoms with E-state index in [0.29, 0.717) is 0 Å². The van der Waals surface area contributed by atoms with E-state index >= 15 is 0 Å². The van der Waals surface area contributed by atoms with Gasteiger partial charge in [0, 0.05) is 58.9 Å². The van der Waals surface area contributed by atoms with Crippen molar-refractivity contribution in [2.24, 2.45) is 0 Å². The van der Waals surface area contributed by atoms with Gasteiger partial charge in [0.15, 0.2) is 0 Å². The van der Waals surface area contributed by atoms with Crippen LogP contribution in [0.4, 0.5) is 0 Å². The van der Waals surface area contributed by atoms with Crippen LogP contribution in [0, 0.1) is 6.92 Å². The van der Waals surface area contributed by atoms with Gasteiger partial charge < -0.3 is 16.0 Å². The van der Waals surface area contributed by atoms with Crippen LogP contribution in [0.15, 0.2) is 24.3 Å². The quantitative estimate of drug-likeness (QED) is 0.739. The maximum atomic E-state index is 3.50. The summed E-state index contributed by atoms with van der Waals surface area (Å²) in [5.41, 5.74) is 2.74. The van der Waals surface area contributed by atoms with Gasteiger partial charge in [-0.3, -0.25) is 4.90 Å². The monoisotopic (exact) mass is 276 g/mol. The van der Waals surface area contributed by atoms with Gasteiger partial charge in [-0.15, -0.1) is 0 Å². The van der Waals surface area contributed by atoms with E-state index in [1.165, 1.54) is 11.1 Å². The van der Waals surface area contributed by atoms with Crippen molar-refractivity contribution < 1.29 is 0 Å². The van der Waals surface area contributed by atoms with E-state index < -0.39 is 0 Å².